The first kappa shape index (κ1) is 20.3. The van der Waals surface area contributed by atoms with Gasteiger partial charge in [-0.15, -0.1) is 11.6 Å². The van der Waals surface area contributed by atoms with Crippen molar-refractivity contribution in [3.8, 4) is 0 Å². The van der Waals surface area contributed by atoms with Crippen molar-refractivity contribution in [1.82, 2.24) is 0 Å². The van der Waals surface area contributed by atoms with E-state index in [1.807, 2.05) is 6.92 Å². The number of aliphatic hydroxyl groups excluding tert-OH is 1. The molecule has 0 fully saturated rings. The van der Waals surface area contributed by atoms with Gasteiger partial charge in [0.1, 0.15) is 0 Å². The van der Waals surface area contributed by atoms with Crippen molar-refractivity contribution in [2.45, 2.75) is 11.8 Å². The van der Waals surface area contributed by atoms with Crippen LogP contribution < -0.4 is 0 Å². The minimum Gasteiger partial charge on any atom is -0.394 e. The smallest absolute Gasteiger partial charge is 0.294 e. The first-order valence-corrected chi connectivity index (χ1v) is 8.25. The molecule has 2 N–H and O–H groups in total. The average Bonchev–Trinajstić information content (AvgIpc) is 2.43. The van der Waals surface area contributed by atoms with E-state index in [1.165, 1.54) is 12.1 Å². The van der Waals surface area contributed by atoms with Crippen molar-refractivity contribution in [2.75, 3.05) is 38.9 Å². The molecule has 8 heteroatoms. The van der Waals surface area contributed by atoms with Gasteiger partial charge < -0.3 is 14.6 Å². The molecular weight excluding hydrogens is 320 g/mol. The van der Waals surface area contributed by atoms with Gasteiger partial charge in [0.15, 0.2) is 0 Å². The lowest BCUT2D eigenvalue weighted by molar-refractivity contribution is 0.0375. The van der Waals surface area contributed by atoms with E-state index in [1.54, 1.807) is 12.1 Å². The highest BCUT2D eigenvalue weighted by Gasteiger charge is 2.06. The molecule has 122 valence electrons. The predicted molar refractivity (Wildman–Crippen MR) is 80.4 cm³/mol. The zero-order valence-electron chi connectivity index (χ0n) is 11.9. The average molecular weight is 341 g/mol. The van der Waals surface area contributed by atoms with Crippen LogP contribution in [0.2, 0.25) is 0 Å². The number of ether oxygens (including phenoxy) is 2. The fraction of sp³-hybridized carbons (Fsp3) is 0.538. The Hall–Kier alpha value is -0.700. The number of rotatable bonds is 8. The third-order valence-electron chi connectivity index (χ3n) is 2.15. The third-order valence-corrected chi connectivity index (χ3v) is 3.17. The summed E-state index contributed by atoms with van der Waals surface area (Å²) < 4.78 is 39.5. The summed E-state index contributed by atoms with van der Waals surface area (Å²) in [5.74, 6) is 0.514. The molecule has 1 aromatic carbocycles. The first-order valence-electron chi connectivity index (χ1n) is 6.28. The van der Waals surface area contributed by atoms with E-state index in [4.69, 9.17) is 30.7 Å². The largest absolute Gasteiger partial charge is 0.394 e. The summed E-state index contributed by atoms with van der Waals surface area (Å²) in [4.78, 5) is -0.0666. The Kier molecular flexibility index (Phi) is 11.5. The normalized spacial score (nSPS) is 10.9. The van der Waals surface area contributed by atoms with Crippen molar-refractivity contribution in [2.24, 2.45) is 0 Å². The molecule has 6 nitrogen and oxygen atoms in total. The zero-order valence-corrected chi connectivity index (χ0v) is 13.4. The Morgan fingerprint density at radius 1 is 1.05 bits per heavy atom. The van der Waals surface area contributed by atoms with Crippen LogP contribution in [-0.2, 0) is 19.6 Å². The van der Waals surface area contributed by atoms with Crippen LogP contribution in [0.3, 0.4) is 0 Å². The second-order valence-corrected chi connectivity index (χ2v) is 5.72. The van der Waals surface area contributed by atoms with Crippen LogP contribution in [-0.4, -0.2) is 57.0 Å². The van der Waals surface area contributed by atoms with E-state index < -0.39 is 10.1 Å². The summed E-state index contributed by atoms with van der Waals surface area (Å²) >= 11 is 5.34. The highest BCUT2D eigenvalue weighted by atomic mass is 35.5. The molecule has 0 aliphatic rings. The lowest BCUT2D eigenvalue weighted by Crippen LogP contribution is -2.08. The topological polar surface area (TPSA) is 93.1 Å². The first-order chi connectivity index (χ1) is 9.91. The summed E-state index contributed by atoms with van der Waals surface area (Å²) in [6, 6.07) is 5.99. The maximum Gasteiger partial charge on any atom is 0.294 e. The van der Waals surface area contributed by atoms with Crippen LogP contribution in [0.5, 0.6) is 0 Å². The SMILES string of the molecule is Cc1ccc(S(=O)(=O)O)cc1.OCCOCCOCCCl. The Morgan fingerprint density at radius 2 is 1.57 bits per heavy atom. The van der Waals surface area contributed by atoms with Crippen LogP contribution in [0.4, 0.5) is 0 Å². The fourth-order valence-corrected chi connectivity index (χ4v) is 1.74. The van der Waals surface area contributed by atoms with Gasteiger partial charge in [-0.3, -0.25) is 4.55 Å². The van der Waals surface area contributed by atoms with Crippen molar-refractivity contribution in [1.29, 1.82) is 0 Å². The van der Waals surface area contributed by atoms with Crippen molar-refractivity contribution >= 4 is 21.7 Å². The van der Waals surface area contributed by atoms with E-state index in [2.05, 4.69) is 0 Å². The molecule has 1 rings (SSSR count). The van der Waals surface area contributed by atoms with Gasteiger partial charge in [-0.2, -0.15) is 8.42 Å². The molecule has 0 bridgehead atoms. The van der Waals surface area contributed by atoms with E-state index in [0.29, 0.717) is 32.3 Å². The number of aliphatic hydroxyl groups is 1. The van der Waals surface area contributed by atoms with Crippen LogP contribution in [0.15, 0.2) is 29.2 Å². The van der Waals surface area contributed by atoms with Crippen molar-refractivity contribution in [3.05, 3.63) is 29.8 Å². The molecule has 0 aliphatic carbocycles. The maximum atomic E-state index is 10.5. The Balaban J connectivity index is 0.000000384. The molecule has 21 heavy (non-hydrogen) atoms. The van der Waals surface area contributed by atoms with E-state index in [9.17, 15) is 8.42 Å². The maximum absolute atomic E-state index is 10.5. The van der Waals surface area contributed by atoms with Crippen LogP contribution in [0.1, 0.15) is 5.56 Å². The van der Waals surface area contributed by atoms with E-state index >= 15 is 0 Å². The summed E-state index contributed by atoms with van der Waals surface area (Å²) in [5.41, 5.74) is 0.956. The van der Waals surface area contributed by atoms with Gasteiger partial charge in [-0.25, -0.2) is 0 Å². The monoisotopic (exact) mass is 340 g/mol. The second kappa shape index (κ2) is 11.9. The standard InChI is InChI=1S/C7H8O3S.C6H13ClO3/c1-6-2-4-7(5-3-6)11(8,9)10;7-1-3-9-5-6-10-4-2-8/h2-5H,1H3,(H,8,9,10);8H,1-6H2. The zero-order chi connectivity index (χ0) is 16.1. The van der Waals surface area contributed by atoms with E-state index in [0.717, 1.165) is 5.56 Å². The van der Waals surface area contributed by atoms with Gasteiger partial charge >= 0.3 is 0 Å². The molecular formula is C13H21ClO6S. The summed E-state index contributed by atoms with van der Waals surface area (Å²) in [6.45, 7) is 3.92. The third kappa shape index (κ3) is 11.6. The number of hydrogen-bond acceptors (Lipinski definition) is 5. The van der Waals surface area contributed by atoms with Gasteiger partial charge in [-0.1, -0.05) is 17.7 Å². The van der Waals surface area contributed by atoms with Gasteiger partial charge in [-0.05, 0) is 19.1 Å². The molecule has 0 spiro atoms. The second-order valence-electron chi connectivity index (χ2n) is 3.93. The van der Waals surface area contributed by atoms with E-state index in [-0.39, 0.29) is 11.5 Å². The minimum atomic E-state index is -4.02. The minimum absolute atomic E-state index is 0.0650. The van der Waals surface area contributed by atoms with Gasteiger partial charge in [0.2, 0.25) is 0 Å². The highest BCUT2D eigenvalue weighted by molar-refractivity contribution is 7.85. The molecule has 0 atom stereocenters. The van der Waals surface area contributed by atoms with Crippen molar-refractivity contribution in [3.63, 3.8) is 0 Å². The lowest BCUT2D eigenvalue weighted by atomic mass is 10.2. The Morgan fingerprint density at radius 3 is 2.00 bits per heavy atom. The lowest BCUT2D eigenvalue weighted by Gasteiger charge is -2.01. The molecule has 0 saturated carbocycles. The Bertz CT molecular complexity index is 452. The fourth-order valence-electron chi connectivity index (χ4n) is 1.15. The number of halogens is 1. The van der Waals surface area contributed by atoms with Gasteiger partial charge in [0.05, 0.1) is 37.9 Å². The van der Waals surface area contributed by atoms with Crippen LogP contribution in [0.25, 0.3) is 0 Å². The molecule has 1 aromatic rings. The highest BCUT2D eigenvalue weighted by Crippen LogP contribution is 2.08. The molecule has 0 unspecified atom stereocenters. The number of alkyl halides is 1. The molecule has 0 heterocycles. The number of benzene rings is 1. The Labute approximate surface area is 130 Å². The van der Waals surface area contributed by atoms with Crippen LogP contribution >= 0.6 is 11.6 Å². The summed E-state index contributed by atoms with van der Waals surface area (Å²) in [6.07, 6.45) is 0. The number of aryl methyl sites for hydroxylation is 1. The quantitative estimate of drug-likeness (QED) is 0.423. The molecule has 0 saturated heterocycles. The summed E-state index contributed by atoms with van der Waals surface area (Å²) in [5, 5.41) is 8.28. The summed E-state index contributed by atoms with van der Waals surface area (Å²) in [7, 11) is -4.02. The molecule has 0 aromatic heterocycles. The number of hydrogen-bond donors (Lipinski definition) is 2. The molecule has 0 amide bonds. The van der Waals surface area contributed by atoms with Gasteiger partial charge in [0, 0.05) is 5.88 Å². The van der Waals surface area contributed by atoms with Crippen molar-refractivity contribution < 1.29 is 27.6 Å². The molecule has 0 radical (unpaired) electrons. The van der Waals surface area contributed by atoms with Crippen LogP contribution in [0, 0.1) is 6.92 Å². The predicted octanol–water partition coefficient (Wildman–Crippen LogP) is 1.49. The van der Waals surface area contributed by atoms with Gasteiger partial charge in [0.25, 0.3) is 10.1 Å². The molecule has 0 aliphatic heterocycles.